The lowest BCUT2D eigenvalue weighted by Gasteiger charge is -2.17. The smallest absolute Gasteiger partial charge is 0.335 e. The van der Waals surface area contributed by atoms with Crippen LogP contribution in [0.25, 0.3) is 27.5 Å². The average molecular weight is 530 g/mol. The minimum atomic E-state index is -1.02. The highest BCUT2D eigenvalue weighted by atomic mass is 16.5. The Morgan fingerprint density at radius 2 is 1.57 bits per heavy atom. The average Bonchev–Trinajstić information content (AvgIpc) is 3.67. The lowest BCUT2D eigenvalue weighted by atomic mass is 10.0. The molecule has 1 atom stereocenters. The Morgan fingerprint density at radius 1 is 0.825 bits per heavy atom. The number of nitrogens with one attached hydrogen (secondary N) is 1. The van der Waals surface area contributed by atoms with E-state index in [4.69, 9.17) is 4.52 Å². The number of carboxylic acids is 1. The molecule has 1 amide bonds. The molecule has 0 spiro atoms. The van der Waals surface area contributed by atoms with E-state index in [0.29, 0.717) is 28.0 Å². The number of pyridine rings is 1. The van der Waals surface area contributed by atoms with E-state index in [1.165, 1.54) is 18.4 Å². The number of benzene rings is 3. The number of fused-ring (bicyclic) bond motifs is 2. The van der Waals surface area contributed by atoms with Crippen LogP contribution in [0.4, 0.5) is 0 Å². The third-order valence-corrected chi connectivity index (χ3v) is 6.96. The van der Waals surface area contributed by atoms with E-state index in [9.17, 15) is 19.5 Å². The number of aromatic carboxylic acids is 1. The fourth-order valence-electron chi connectivity index (χ4n) is 4.85. The van der Waals surface area contributed by atoms with Gasteiger partial charge in [-0.1, -0.05) is 53.7 Å². The normalized spacial score (nSPS) is 11.9. The lowest BCUT2D eigenvalue weighted by molar-refractivity contribution is 0.0696. The van der Waals surface area contributed by atoms with Crippen molar-refractivity contribution in [3.63, 3.8) is 0 Å². The van der Waals surface area contributed by atoms with Gasteiger partial charge < -0.3 is 19.3 Å². The molecule has 0 saturated heterocycles. The van der Waals surface area contributed by atoms with Crippen molar-refractivity contribution in [1.29, 1.82) is 0 Å². The first-order valence-electron chi connectivity index (χ1n) is 12.6. The first kappa shape index (κ1) is 24.8. The van der Waals surface area contributed by atoms with Gasteiger partial charge in [-0.3, -0.25) is 9.59 Å². The van der Waals surface area contributed by atoms with Crippen LogP contribution in [0.5, 0.6) is 0 Å². The van der Waals surface area contributed by atoms with Gasteiger partial charge in [0.05, 0.1) is 17.3 Å². The summed E-state index contributed by atoms with van der Waals surface area (Å²) in [5, 5.41) is 18.2. The zero-order chi connectivity index (χ0) is 27.8. The standard InChI is InChI=1S/C32H23N3O5/c1-19(20-6-9-22(10-7-20)32(38)39)33-31(37)29-18-25(27-14-15-40-34-27)17-26-12-13-28(35(26)29)30(36)24-11-8-21-4-2-3-5-23(21)16-24/h2-19H,1H3,(H,33,37)(H,38,39)/t19-/m0/s1. The summed E-state index contributed by atoms with van der Waals surface area (Å²) < 4.78 is 6.66. The number of ketones is 1. The topological polar surface area (TPSA) is 114 Å². The predicted molar refractivity (Wildman–Crippen MR) is 150 cm³/mol. The third kappa shape index (κ3) is 4.52. The zero-order valence-electron chi connectivity index (χ0n) is 21.4. The SMILES string of the molecule is C[C@H](NC(=O)c1cc(-c2ccon2)cc2ccc(C(=O)c3ccc4ccccc4c3)n12)c1ccc(C(=O)O)cc1. The van der Waals surface area contributed by atoms with Crippen molar-refractivity contribution >= 4 is 33.9 Å². The van der Waals surface area contributed by atoms with E-state index in [2.05, 4.69) is 10.5 Å². The van der Waals surface area contributed by atoms with Crippen LogP contribution in [0, 0.1) is 0 Å². The number of rotatable bonds is 7. The predicted octanol–water partition coefficient (Wildman–Crippen LogP) is 6.17. The van der Waals surface area contributed by atoms with Crippen molar-refractivity contribution in [3.8, 4) is 11.3 Å². The Morgan fingerprint density at radius 3 is 2.30 bits per heavy atom. The van der Waals surface area contributed by atoms with Crippen molar-refractivity contribution < 1.29 is 24.0 Å². The fourth-order valence-corrected chi connectivity index (χ4v) is 4.85. The van der Waals surface area contributed by atoms with Crippen LogP contribution in [0.15, 0.2) is 108 Å². The number of hydrogen-bond donors (Lipinski definition) is 2. The van der Waals surface area contributed by atoms with Gasteiger partial charge in [-0.05, 0) is 65.7 Å². The van der Waals surface area contributed by atoms with Gasteiger partial charge in [0.1, 0.15) is 17.7 Å². The van der Waals surface area contributed by atoms with Crippen LogP contribution in [-0.4, -0.2) is 32.3 Å². The maximum Gasteiger partial charge on any atom is 0.335 e. The number of amides is 1. The largest absolute Gasteiger partial charge is 0.478 e. The van der Waals surface area contributed by atoms with Gasteiger partial charge in [-0.2, -0.15) is 0 Å². The van der Waals surface area contributed by atoms with E-state index in [-0.39, 0.29) is 17.0 Å². The first-order valence-corrected chi connectivity index (χ1v) is 12.6. The zero-order valence-corrected chi connectivity index (χ0v) is 21.4. The van der Waals surface area contributed by atoms with Crippen LogP contribution in [-0.2, 0) is 0 Å². The van der Waals surface area contributed by atoms with E-state index in [1.54, 1.807) is 46.9 Å². The van der Waals surface area contributed by atoms with E-state index >= 15 is 0 Å². The summed E-state index contributed by atoms with van der Waals surface area (Å²) in [6.07, 6.45) is 1.45. The summed E-state index contributed by atoms with van der Waals surface area (Å²) in [6, 6.07) is 28.0. The van der Waals surface area contributed by atoms with Gasteiger partial charge in [-0.25, -0.2) is 4.79 Å². The molecule has 0 fully saturated rings. The first-order chi connectivity index (χ1) is 19.4. The molecule has 0 unspecified atom stereocenters. The number of aromatic nitrogens is 2. The molecule has 8 nitrogen and oxygen atoms in total. The van der Waals surface area contributed by atoms with Crippen LogP contribution in [0.3, 0.4) is 0 Å². The maximum atomic E-state index is 13.8. The minimum absolute atomic E-state index is 0.161. The summed E-state index contributed by atoms with van der Waals surface area (Å²) in [6.45, 7) is 1.81. The fraction of sp³-hybridized carbons (Fsp3) is 0.0625. The Labute approximate surface area is 228 Å². The van der Waals surface area contributed by atoms with Crippen molar-refractivity contribution in [2.75, 3.05) is 0 Å². The molecule has 0 radical (unpaired) electrons. The Bertz CT molecular complexity index is 1900. The number of nitrogens with zero attached hydrogens (tertiary/aromatic N) is 2. The molecule has 3 aromatic carbocycles. The molecule has 0 bridgehead atoms. The molecule has 3 aromatic heterocycles. The second-order valence-corrected chi connectivity index (χ2v) is 9.51. The summed E-state index contributed by atoms with van der Waals surface area (Å²) in [5.41, 5.74) is 3.87. The van der Waals surface area contributed by atoms with Gasteiger partial charge in [0.2, 0.25) is 5.78 Å². The summed E-state index contributed by atoms with van der Waals surface area (Å²) in [4.78, 5) is 38.7. The van der Waals surface area contributed by atoms with E-state index in [0.717, 1.165) is 16.3 Å². The summed E-state index contributed by atoms with van der Waals surface area (Å²) >= 11 is 0. The lowest BCUT2D eigenvalue weighted by Crippen LogP contribution is -2.29. The molecule has 0 aliphatic rings. The van der Waals surface area contributed by atoms with E-state index < -0.39 is 17.9 Å². The van der Waals surface area contributed by atoms with Crippen molar-refractivity contribution in [1.82, 2.24) is 14.9 Å². The second-order valence-electron chi connectivity index (χ2n) is 9.51. The van der Waals surface area contributed by atoms with Gasteiger partial charge in [0, 0.05) is 22.7 Å². The monoisotopic (exact) mass is 529 g/mol. The van der Waals surface area contributed by atoms with Crippen molar-refractivity contribution in [2.24, 2.45) is 0 Å². The van der Waals surface area contributed by atoms with Crippen LogP contribution in [0.1, 0.15) is 55.4 Å². The van der Waals surface area contributed by atoms with Crippen LogP contribution >= 0.6 is 0 Å². The number of hydrogen-bond acceptors (Lipinski definition) is 5. The molecule has 40 heavy (non-hydrogen) atoms. The molecule has 196 valence electrons. The highest BCUT2D eigenvalue weighted by Gasteiger charge is 2.22. The molecule has 2 N–H and O–H groups in total. The molecule has 0 aliphatic carbocycles. The third-order valence-electron chi connectivity index (χ3n) is 6.96. The summed E-state index contributed by atoms with van der Waals surface area (Å²) in [7, 11) is 0. The summed E-state index contributed by atoms with van der Waals surface area (Å²) in [5.74, 6) is -1.65. The molecule has 8 heteroatoms. The Hall–Kier alpha value is -5.50. The minimum Gasteiger partial charge on any atom is -0.478 e. The van der Waals surface area contributed by atoms with Gasteiger partial charge in [0.15, 0.2) is 0 Å². The van der Waals surface area contributed by atoms with Crippen LogP contribution in [0.2, 0.25) is 0 Å². The molecular weight excluding hydrogens is 506 g/mol. The van der Waals surface area contributed by atoms with Crippen LogP contribution < -0.4 is 5.32 Å². The van der Waals surface area contributed by atoms with Crippen molar-refractivity contribution in [2.45, 2.75) is 13.0 Å². The quantitative estimate of drug-likeness (QED) is 0.239. The highest BCUT2D eigenvalue weighted by Crippen LogP contribution is 2.27. The number of carbonyl (C=O) groups is 3. The number of carboxylic acid groups (broad SMARTS) is 1. The Balaban J connectivity index is 1.41. The molecule has 6 rings (SSSR count). The van der Waals surface area contributed by atoms with Crippen molar-refractivity contribution in [3.05, 3.63) is 131 Å². The highest BCUT2D eigenvalue weighted by molar-refractivity contribution is 6.11. The van der Waals surface area contributed by atoms with Gasteiger partial charge in [0.25, 0.3) is 5.91 Å². The Kier molecular flexibility index (Phi) is 6.20. The second kappa shape index (κ2) is 9.99. The molecule has 6 aromatic rings. The molecule has 3 heterocycles. The van der Waals surface area contributed by atoms with Gasteiger partial charge in [-0.15, -0.1) is 0 Å². The number of carbonyl (C=O) groups excluding carboxylic acids is 2. The maximum absolute atomic E-state index is 13.8. The van der Waals surface area contributed by atoms with Gasteiger partial charge >= 0.3 is 5.97 Å². The molecule has 0 saturated carbocycles. The van der Waals surface area contributed by atoms with E-state index in [1.807, 2.05) is 49.4 Å². The molecule has 0 aliphatic heterocycles. The molecular formula is C32H23N3O5.